The van der Waals surface area contributed by atoms with Gasteiger partial charge in [-0.05, 0) is 29.5 Å². The van der Waals surface area contributed by atoms with Crippen LogP contribution in [0.4, 0.5) is 0 Å². The summed E-state index contributed by atoms with van der Waals surface area (Å²) >= 11 is 0. The van der Waals surface area contributed by atoms with Crippen LogP contribution in [-0.4, -0.2) is 13.2 Å². The van der Waals surface area contributed by atoms with Gasteiger partial charge in [0, 0.05) is 24.6 Å². The van der Waals surface area contributed by atoms with Gasteiger partial charge in [0.05, 0.1) is 6.61 Å². The Morgan fingerprint density at radius 1 is 0.950 bits per heavy atom. The highest BCUT2D eigenvalue weighted by molar-refractivity contribution is 5.50. The maximum Gasteiger partial charge on any atom is 0.126 e. The van der Waals surface area contributed by atoms with Gasteiger partial charge in [-0.25, -0.2) is 0 Å². The number of benzene rings is 2. The number of ether oxygens (including phenoxy) is 1. The number of rotatable bonds is 1. The summed E-state index contributed by atoms with van der Waals surface area (Å²) in [4.78, 5) is 0. The number of aryl methyl sites for hydroxylation is 1. The van der Waals surface area contributed by atoms with Gasteiger partial charge in [-0.1, -0.05) is 42.5 Å². The third-order valence-electron chi connectivity index (χ3n) is 4.43. The zero-order chi connectivity index (χ0) is 13.4. The Morgan fingerprint density at radius 3 is 2.80 bits per heavy atom. The SMILES string of the molecule is c1ccc2c(c1)CNCC2c1cccc2c1OCCC2. The van der Waals surface area contributed by atoms with Gasteiger partial charge in [0.2, 0.25) is 0 Å². The minimum atomic E-state index is 0.410. The average molecular weight is 265 g/mol. The van der Waals surface area contributed by atoms with Crippen molar-refractivity contribution in [2.45, 2.75) is 25.3 Å². The highest BCUT2D eigenvalue weighted by atomic mass is 16.5. The lowest BCUT2D eigenvalue weighted by molar-refractivity contribution is 0.283. The third kappa shape index (κ3) is 1.92. The number of para-hydroxylation sites is 1. The second-order valence-electron chi connectivity index (χ2n) is 5.67. The molecule has 0 amide bonds. The minimum Gasteiger partial charge on any atom is -0.493 e. The lowest BCUT2D eigenvalue weighted by atomic mass is 9.84. The third-order valence-corrected chi connectivity index (χ3v) is 4.43. The van der Waals surface area contributed by atoms with Crippen molar-refractivity contribution in [2.75, 3.05) is 13.2 Å². The fourth-order valence-electron chi connectivity index (χ4n) is 3.46. The molecule has 2 heterocycles. The Kier molecular flexibility index (Phi) is 2.96. The average Bonchev–Trinajstić information content (AvgIpc) is 2.54. The molecule has 0 saturated carbocycles. The maximum atomic E-state index is 6.00. The monoisotopic (exact) mass is 265 g/mol. The van der Waals surface area contributed by atoms with Crippen LogP contribution in [0.1, 0.15) is 34.6 Å². The molecular weight excluding hydrogens is 246 g/mol. The summed E-state index contributed by atoms with van der Waals surface area (Å²) in [5.74, 6) is 1.55. The summed E-state index contributed by atoms with van der Waals surface area (Å²) in [6, 6.07) is 15.4. The lowest BCUT2D eigenvalue weighted by Crippen LogP contribution is -2.29. The molecule has 1 atom stereocenters. The van der Waals surface area contributed by atoms with Gasteiger partial charge in [-0.3, -0.25) is 0 Å². The Balaban J connectivity index is 1.83. The highest BCUT2D eigenvalue weighted by Gasteiger charge is 2.26. The van der Waals surface area contributed by atoms with E-state index < -0.39 is 0 Å². The zero-order valence-electron chi connectivity index (χ0n) is 11.6. The second kappa shape index (κ2) is 4.95. The standard InChI is InChI=1S/C18H19NO/c1-2-8-15-14(5-1)11-19-12-17(15)16-9-3-6-13-7-4-10-20-18(13)16/h1-3,5-6,8-9,17,19H,4,7,10-12H2. The first-order valence-corrected chi connectivity index (χ1v) is 7.46. The van der Waals surface area contributed by atoms with Gasteiger partial charge < -0.3 is 10.1 Å². The van der Waals surface area contributed by atoms with Crippen LogP contribution in [0.3, 0.4) is 0 Å². The molecule has 102 valence electrons. The van der Waals surface area contributed by atoms with Crippen molar-refractivity contribution in [3.63, 3.8) is 0 Å². The van der Waals surface area contributed by atoms with E-state index >= 15 is 0 Å². The predicted octanol–water partition coefficient (Wildman–Crippen LogP) is 3.25. The van der Waals surface area contributed by atoms with E-state index in [1.807, 2.05) is 0 Å². The Hall–Kier alpha value is -1.80. The van der Waals surface area contributed by atoms with Crippen LogP contribution < -0.4 is 10.1 Å². The fourth-order valence-corrected chi connectivity index (χ4v) is 3.46. The van der Waals surface area contributed by atoms with E-state index in [0.29, 0.717) is 5.92 Å². The molecule has 2 aromatic rings. The molecule has 0 aromatic heterocycles. The van der Waals surface area contributed by atoms with Crippen LogP contribution in [0.25, 0.3) is 0 Å². The van der Waals surface area contributed by atoms with Crippen molar-refractivity contribution in [1.29, 1.82) is 0 Å². The summed E-state index contributed by atoms with van der Waals surface area (Å²) in [7, 11) is 0. The summed E-state index contributed by atoms with van der Waals surface area (Å²) in [5, 5.41) is 3.54. The molecule has 0 fully saturated rings. The van der Waals surface area contributed by atoms with E-state index in [1.54, 1.807) is 0 Å². The quantitative estimate of drug-likeness (QED) is 0.854. The molecule has 2 heteroatoms. The molecule has 2 aliphatic heterocycles. The Morgan fingerprint density at radius 2 is 1.80 bits per heavy atom. The minimum absolute atomic E-state index is 0.410. The van der Waals surface area contributed by atoms with E-state index in [0.717, 1.165) is 38.3 Å². The van der Waals surface area contributed by atoms with Gasteiger partial charge in [0.1, 0.15) is 5.75 Å². The number of hydrogen-bond acceptors (Lipinski definition) is 2. The summed E-state index contributed by atoms with van der Waals surface area (Å²) in [6.07, 6.45) is 2.28. The van der Waals surface area contributed by atoms with Crippen LogP contribution in [0.2, 0.25) is 0 Å². The maximum absolute atomic E-state index is 6.00. The normalized spacial score (nSPS) is 20.7. The smallest absolute Gasteiger partial charge is 0.126 e. The number of fused-ring (bicyclic) bond motifs is 2. The summed E-state index contributed by atoms with van der Waals surface area (Å²) in [6.45, 7) is 2.82. The van der Waals surface area contributed by atoms with Gasteiger partial charge in [-0.2, -0.15) is 0 Å². The van der Waals surface area contributed by atoms with E-state index in [2.05, 4.69) is 47.8 Å². The van der Waals surface area contributed by atoms with E-state index in [9.17, 15) is 0 Å². The first-order chi connectivity index (χ1) is 9.93. The van der Waals surface area contributed by atoms with Crippen LogP contribution in [0.15, 0.2) is 42.5 Å². The molecule has 2 aromatic carbocycles. The fraction of sp³-hybridized carbons (Fsp3) is 0.333. The topological polar surface area (TPSA) is 21.3 Å². The molecule has 0 radical (unpaired) electrons. The number of nitrogens with one attached hydrogen (secondary N) is 1. The first-order valence-electron chi connectivity index (χ1n) is 7.46. The van der Waals surface area contributed by atoms with Crippen LogP contribution in [-0.2, 0) is 13.0 Å². The molecule has 0 aliphatic carbocycles. The molecule has 2 aliphatic rings. The van der Waals surface area contributed by atoms with Gasteiger partial charge >= 0.3 is 0 Å². The van der Waals surface area contributed by atoms with Gasteiger partial charge in [0.15, 0.2) is 0 Å². The molecule has 1 unspecified atom stereocenters. The van der Waals surface area contributed by atoms with Gasteiger partial charge in [0.25, 0.3) is 0 Å². The van der Waals surface area contributed by atoms with Crippen molar-refractivity contribution in [2.24, 2.45) is 0 Å². The van der Waals surface area contributed by atoms with E-state index in [4.69, 9.17) is 4.74 Å². The summed E-state index contributed by atoms with van der Waals surface area (Å²) in [5.41, 5.74) is 5.59. The molecule has 0 saturated heterocycles. The zero-order valence-corrected chi connectivity index (χ0v) is 11.6. The van der Waals surface area contributed by atoms with Crippen LogP contribution in [0.5, 0.6) is 5.75 Å². The van der Waals surface area contributed by atoms with Crippen LogP contribution in [0, 0.1) is 0 Å². The van der Waals surface area contributed by atoms with Gasteiger partial charge in [-0.15, -0.1) is 0 Å². The molecule has 20 heavy (non-hydrogen) atoms. The largest absolute Gasteiger partial charge is 0.493 e. The van der Waals surface area contributed by atoms with Crippen LogP contribution >= 0.6 is 0 Å². The van der Waals surface area contributed by atoms with Crippen molar-refractivity contribution < 1.29 is 4.74 Å². The molecule has 1 N–H and O–H groups in total. The van der Waals surface area contributed by atoms with Crippen molar-refractivity contribution in [3.8, 4) is 5.75 Å². The summed E-state index contributed by atoms with van der Waals surface area (Å²) < 4.78 is 6.00. The predicted molar refractivity (Wildman–Crippen MR) is 80.2 cm³/mol. The molecule has 0 bridgehead atoms. The van der Waals surface area contributed by atoms with E-state index in [-0.39, 0.29) is 0 Å². The van der Waals surface area contributed by atoms with Crippen molar-refractivity contribution in [3.05, 3.63) is 64.7 Å². The second-order valence-corrected chi connectivity index (χ2v) is 5.67. The molecular formula is C18H19NO. The molecule has 4 rings (SSSR count). The first kappa shape index (κ1) is 12.0. The Labute approximate surface area is 119 Å². The molecule has 2 nitrogen and oxygen atoms in total. The number of hydrogen-bond donors (Lipinski definition) is 1. The Bertz CT molecular complexity index is 635. The van der Waals surface area contributed by atoms with E-state index in [1.165, 1.54) is 22.3 Å². The van der Waals surface area contributed by atoms with Crippen molar-refractivity contribution in [1.82, 2.24) is 5.32 Å². The lowest BCUT2D eigenvalue weighted by Gasteiger charge is -2.30. The van der Waals surface area contributed by atoms with Crippen molar-refractivity contribution >= 4 is 0 Å². The highest BCUT2D eigenvalue weighted by Crippen LogP contribution is 2.38. The molecule has 0 spiro atoms.